The van der Waals surface area contributed by atoms with Crippen LogP contribution >= 0.6 is 0 Å². The lowest BCUT2D eigenvalue weighted by atomic mass is 9.70. The van der Waals surface area contributed by atoms with Gasteiger partial charge in [-0.05, 0) is 54.3 Å². The number of hydrogen-bond donors (Lipinski definition) is 0. The molecule has 6 atom stereocenters. The number of rotatable bonds is 17. The summed E-state index contributed by atoms with van der Waals surface area (Å²) in [4.78, 5) is 13.2. The second-order valence-electron chi connectivity index (χ2n) is 13.2. The quantitative estimate of drug-likeness (QED) is 0.197. The van der Waals surface area contributed by atoms with Gasteiger partial charge in [-0.3, -0.25) is 4.79 Å². The van der Waals surface area contributed by atoms with Crippen molar-refractivity contribution in [3.63, 3.8) is 0 Å². The average molecular weight is 477 g/mol. The molecule has 0 aromatic heterocycles. The molecule has 0 radical (unpaired) electrons. The van der Waals surface area contributed by atoms with Gasteiger partial charge < -0.3 is 9.47 Å². The summed E-state index contributed by atoms with van der Waals surface area (Å²) >= 11 is 0. The fraction of sp³-hybridized carbons (Fsp3) is 0.968. The zero-order chi connectivity index (χ0) is 24.8. The molecule has 3 nitrogen and oxygen atoms in total. The Morgan fingerprint density at radius 1 is 0.941 bits per heavy atom. The number of unbranched alkanes of at least 4 members (excludes halogenated alkanes) is 8. The number of carbonyl (C=O) groups excluding carboxylic acids is 1. The molecule has 1 heterocycles. The molecule has 3 heteroatoms. The van der Waals surface area contributed by atoms with Crippen LogP contribution in [0.3, 0.4) is 0 Å². The molecule has 3 rings (SSSR count). The summed E-state index contributed by atoms with van der Waals surface area (Å²) in [5, 5.41) is 0. The van der Waals surface area contributed by atoms with Gasteiger partial charge in [0, 0.05) is 12.8 Å². The highest BCUT2D eigenvalue weighted by atomic mass is 16.7. The molecule has 1 saturated heterocycles. The Morgan fingerprint density at radius 2 is 1.59 bits per heavy atom. The van der Waals surface area contributed by atoms with E-state index in [2.05, 4.69) is 41.5 Å². The number of Topliss-reactive ketones (excluding diaryl/α,β-unsaturated/α-hetero) is 1. The Hall–Kier alpha value is -0.410. The zero-order valence-corrected chi connectivity index (χ0v) is 23.5. The molecule has 0 amide bonds. The third-order valence-electron chi connectivity index (χ3n) is 10.1. The number of fused-ring (bicyclic) bond motifs is 5. The Morgan fingerprint density at radius 3 is 2.24 bits per heavy atom. The van der Waals surface area contributed by atoms with Crippen LogP contribution in [0.25, 0.3) is 0 Å². The van der Waals surface area contributed by atoms with E-state index in [-0.39, 0.29) is 17.8 Å². The minimum Gasteiger partial charge on any atom is -0.349 e. The normalized spacial score (nSPS) is 32.4. The minimum absolute atomic E-state index is 0.176. The molecule has 34 heavy (non-hydrogen) atoms. The first-order valence-corrected chi connectivity index (χ1v) is 15.0. The summed E-state index contributed by atoms with van der Waals surface area (Å²) in [5.41, 5.74) is 0.616. The van der Waals surface area contributed by atoms with Crippen LogP contribution in [0.15, 0.2) is 0 Å². The molecule has 0 spiro atoms. The van der Waals surface area contributed by atoms with Gasteiger partial charge in [0.15, 0.2) is 12.1 Å². The first-order chi connectivity index (χ1) is 16.2. The molecule has 0 aromatic carbocycles. The molecule has 2 aliphatic carbocycles. The highest BCUT2D eigenvalue weighted by molar-refractivity contribution is 5.83. The summed E-state index contributed by atoms with van der Waals surface area (Å²) in [7, 11) is 0. The fourth-order valence-electron chi connectivity index (χ4n) is 7.54. The molecular weight excluding hydrogens is 420 g/mol. The van der Waals surface area contributed by atoms with E-state index in [0.717, 1.165) is 38.0 Å². The third kappa shape index (κ3) is 6.47. The minimum atomic E-state index is -0.263. The van der Waals surface area contributed by atoms with Crippen molar-refractivity contribution in [2.24, 2.45) is 28.6 Å². The van der Waals surface area contributed by atoms with Crippen molar-refractivity contribution in [2.45, 2.75) is 163 Å². The topological polar surface area (TPSA) is 35.5 Å². The molecular formula is C31H56O3. The standard InChI is InChI=1S/C31H56O3/c1-7-8-9-10-11-12-13-14-19-27(26(32)18-16-15-17-23(2)3)33-28-22-24-25-20-21-31(6,29(24)34-28)30(25,4)5/h23-25,27-29H,7-22H2,1-6H3/t24-,25-,27+,28-,29-,31+/m1/s1. The maximum absolute atomic E-state index is 13.2. The zero-order valence-electron chi connectivity index (χ0n) is 23.5. The van der Waals surface area contributed by atoms with Crippen LogP contribution in [0.2, 0.25) is 0 Å². The second-order valence-corrected chi connectivity index (χ2v) is 13.2. The molecule has 2 saturated carbocycles. The van der Waals surface area contributed by atoms with Gasteiger partial charge in [0.25, 0.3) is 0 Å². The van der Waals surface area contributed by atoms with Gasteiger partial charge in [-0.1, -0.05) is 106 Å². The van der Waals surface area contributed by atoms with Gasteiger partial charge in [-0.2, -0.15) is 0 Å². The van der Waals surface area contributed by atoms with E-state index in [1.54, 1.807) is 0 Å². The average Bonchev–Trinajstić information content (AvgIpc) is 3.35. The third-order valence-corrected chi connectivity index (χ3v) is 10.1. The van der Waals surface area contributed by atoms with Crippen LogP contribution in [-0.4, -0.2) is 24.3 Å². The van der Waals surface area contributed by atoms with Gasteiger partial charge in [0.1, 0.15) is 6.10 Å². The monoisotopic (exact) mass is 476 g/mol. The highest BCUT2D eigenvalue weighted by Gasteiger charge is 2.69. The molecule has 198 valence electrons. The Kier molecular flexibility index (Phi) is 10.5. The summed E-state index contributed by atoms with van der Waals surface area (Å²) in [5.74, 6) is 2.39. The van der Waals surface area contributed by atoms with Crippen molar-refractivity contribution in [2.75, 3.05) is 0 Å². The lowest BCUT2D eigenvalue weighted by Gasteiger charge is -2.38. The van der Waals surface area contributed by atoms with Crippen LogP contribution in [0.1, 0.15) is 144 Å². The van der Waals surface area contributed by atoms with Crippen LogP contribution in [0.5, 0.6) is 0 Å². The predicted molar refractivity (Wildman–Crippen MR) is 142 cm³/mol. The molecule has 1 aliphatic heterocycles. The van der Waals surface area contributed by atoms with Crippen LogP contribution < -0.4 is 0 Å². The largest absolute Gasteiger partial charge is 0.349 e. The second kappa shape index (κ2) is 12.7. The molecule has 0 unspecified atom stereocenters. The summed E-state index contributed by atoms with van der Waals surface area (Å²) < 4.78 is 13.1. The maximum atomic E-state index is 13.2. The van der Waals surface area contributed by atoms with Gasteiger partial charge in [0.2, 0.25) is 0 Å². The summed E-state index contributed by atoms with van der Waals surface area (Å²) in [6, 6.07) is 0. The van der Waals surface area contributed by atoms with Crippen LogP contribution in [-0.2, 0) is 14.3 Å². The number of hydrogen-bond acceptors (Lipinski definition) is 3. The molecule has 3 fully saturated rings. The number of ether oxygens (including phenoxy) is 2. The number of carbonyl (C=O) groups is 1. The first-order valence-electron chi connectivity index (χ1n) is 15.0. The molecule has 0 N–H and O–H groups in total. The van der Waals surface area contributed by atoms with E-state index in [4.69, 9.17) is 9.47 Å². The SMILES string of the molecule is CCCCCCCCCC[C@H](O[C@H]1C[C@@H]2[C@H]3CC[C@@](C)([C@@H]2O1)C3(C)C)C(=O)CCCCC(C)C. The Labute approximate surface area is 211 Å². The van der Waals surface area contributed by atoms with Gasteiger partial charge >= 0.3 is 0 Å². The van der Waals surface area contributed by atoms with Crippen molar-refractivity contribution < 1.29 is 14.3 Å². The molecule has 2 bridgehead atoms. The van der Waals surface area contributed by atoms with Crippen molar-refractivity contribution in [1.82, 2.24) is 0 Å². The lowest BCUT2D eigenvalue weighted by molar-refractivity contribution is -0.190. The van der Waals surface area contributed by atoms with E-state index in [1.807, 2.05) is 0 Å². The lowest BCUT2D eigenvalue weighted by Crippen LogP contribution is -2.38. The maximum Gasteiger partial charge on any atom is 0.161 e. The fourth-order valence-corrected chi connectivity index (χ4v) is 7.54. The van der Waals surface area contributed by atoms with Gasteiger partial charge in [0.05, 0.1) is 6.10 Å². The highest BCUT2D eigenvalue weighted by Crippen LogP contribution is 2.71. The van der Waals surface area contributed by atoms with E-state index in [0.29, 0.717) is 35.6 Å². The molecule has 0 aromatic rings. The Bertz CT molecular complexity index is 626. The van der Waals surface area contributed by atoms with Crippen molar-refractivity contribution in [3.05, 3.63) is 0 Å². The molecule has 3 aliphatic rings. The van der Waals surface area contributed by atoms with Gasteiger partial charge in [-0.25, -0.2) is 0 Å². The smallest absolute Gasteiger partial charge is 0.161 e. The van der Waals surface area contributed by atoms with Crippen LogP contribution in [0.4, 0.5) is 0 Å². The van der Waals surface area contributed by atoms with Gasteiger partial charge in [-0.15, -0.1) is 0 Å². The van der Waals surface area contributed by atoms with E-state index in [9.17, 15) is 4.79 Å². The predicted octanol–water partition coefficient (Wildman–Crippen LogP) is 8.88. The summed E-state index contributed by atoms with van der Waals surface area (Å²) in [6.07, 6.45) is 18.7. The Balaban J connectivity index is 1.48. The first kappa shape index (κ1) is 28.2. The number of ketones is 1. The van der Waals surface area contributed by atoms with Crippen LogP contribution in [0, 0.1) is 28.6 Å². The van der Waals surface area contributed by atoms with Crippen molar-refractivity contribution >= 4 is 5.78 Å². The van der Waals surface area contributed by atoms with E-state index >= 15 is 0 Å². The van der Waals surface area contributed by atoms with E-state index in [1.165, 1.54) is 64.2 Å². The van der Waals surface area contributed by atoms with Crippen molar-refractivity contribution in [1.29, 1.82) is 0 Å². The summed E-state index contributed by atoms with van der Waals surface area (Å²) in [6.45, 7) is 14.1. The van der Waals surface area contributed by atoms with E-state index < -0.39 is 0 Å². The van der Waals surface area contributed by atoms with Crippen molar-refractivity contribution in [3.8, 4) is 0 Å².